The van der Waals surface area contributed by atoms with Crippen LogP contribution in [0, 0.1) is 0 Å². The average molecular weight is 447 g/mol. The Bertz CT molecular complexity index is 472. The van der Waals surface area contributed by atoms with Crippen molar-refractivity contribution in [3.05, 3.63) is 29.8 Å². The van der Waals surface area contributed by atoms with E-state index in [1.165, 1.54) is 38.5 Å². The maximum atomic E-state index is 5.95. The zero-order chi connectivity index (χ0) is 16.3. The van der Waals surface area contributed by atoms with Gasteiger partial charge in [0.05, 0.1) is 26.9 Å². The van der Waals surface area contributed by atoms with E-state index in [1.54, 1.807) is 7.11 Å². The van der Waals surface area contributed by atoms with E-state index in [0.717, 1.165) is 11.3 Å². The second kappa shape index (κ2) is 12.4. The standard InChI is InChI=1S/C18H29N3O2.HI/c1-22-17-10-8-15(9-11-17)14-23-13-12-20-18(19)21-16-6-4-2-3-5-7-16;/h8-11,16H,2-7,12-14H2,1H3,(H3,19,20,21);1H. The van der Waals surface area contributed by atoms with Crippen LogP contribution in [0.5, 0.6) is 5.75 Å². The van der Waals surface area contributed by atoms with Crippen molar-refractivity contribution in [3.8, 4) is 5.75 Å². The summed E-state index contributed by atoms with van der Waals surface area (Å²) in [4.78, 5) is 4.35. The molecular weight excluding hydrogens is 417 g/mol. The van der Waals surface area contributed by atoms with E-state index in [1.807, 2.05) is 24.3 Å². The second-order valence-corrected chi connectivity index (χ2v) is 6.00. The Hall–Kier alpha value is -1.02. The lowest BCUT2D eigenvalue weighted by Crippen LogP contribution is -2.40. The topological polar surface area (TPSA) is 68.9 Å². The first-order valence-electron chi connectivity index (χ1n) is 8.55. The van der Waals surface area contributed by atoms with Crippen molar-refractivity contribution >= 4 is 29.9 Å². The molecule has 0 aliphatic heterocycles. The van der Waals surface area contributed by atoms with Gasteiger partial charge in [0.1, 0.15) is 5.75 Å². The maximum Gasteiger partial charge on any atom is 0.188 e. The van der Waals surface area contributed by atoms with Gasteiger partial charge in [-0.3, -0.25) is 4.99 Å². The summed E-state index contributed by atoms with van der Waals surface area (Å²) in [5.41, 5.74) is 7.07. The molecule has 0 heterocycles. The molecule has 0 spiro atoms. The molecule has 0 atom stereocenters. The number of aliphatic imine (C=N–C) groups is 1. The van der Waals surface area contributed by atoms with Crippen LogP contribution < -0.4 is 15.8 Å². The monoisotopic (exact) mass is 447 g/mol. The largest absolute Gasteiger partial charge is 0.497 e. The van der Waals surface area contributed by atoms with Gasteiger partial charge in [0.25, 0.3) is 0 Å². The minimum atomic E-state index is 0. The summed E-state index contributed by atoms with van der Waals surface area (Å²) in [6, 6.07) is 8.37. The highest BCUT2D eigenvalue weighted by atomic mass is 127. The van der Waals surface area contributed by atoms with Crippen molar-refractivity contribution in [3.63, 3.8) is 0 Å². The van der Waals surface area contributed by atoms with Crippen molar-refractivity contribution < 1.29 is 9.47 Å². The van der Waals surface area contributed by atoms with Crippen molar-refractivity contribution in [2.75, 3.05) is 20.3 Å². The molecule has 0 bridgehead atoms. The quantitative estimate of drug-likeness (QED) is 0.221. The van der Waals surface area contributed by atoms with Crippen LogP contribution in [0.2, 0.25) is 0 Å². The average Bonchev–Trinajstić information content (AvgIpc) is 2.84. The van der Waals surface area contributed by atoms with E-state index in [0.29, 0.717) is 31.8 Å². The molecule has 0 amide bonds. The molecule has 0 unspecified atom stereocenters. The molecule has 6 heteroatoms. The van der Waals surface area contributed by atoms with Gasteiger partial charge in [-0.2, -0.15) is 0 Å². The SMILES string of the molecule is COc1ccc(COCCN=C(N)NC2CCCCCC2)cc1.I. The molecule has 1 aliphatic carbocycles. The Morgan fingerprint density at radius 2 is 1.83 bits per heavy atom. The van der Waals surface area contributed by atoms with E-state index in [4.69, 9.17) is 15.2 Å². The van der Waals surface area contributed by atoms with E-state index in [-0.39, 0.29) is 24.0 Å². The lowest BCUT2D eigenvalue weighted by Gasteiger charge is -2.16. The highest BCUT2D eigenvalue weighted by Gasteiger charge is 2.11. The zero-order valence-electron chi connectivity index (χ0n) is 14.5. The van der Waals surface area contributed by atoms with Crippen molar-refractivity contribution in [2.24, 2.45) is 10.7 Å². The highest BCUT2D eigenvalue weighted by Crippen LogP contribution is 2.16. The Kier molecular flexibility index (Phi) is 10.8. The van der Waals surface area contributed by atoms with Crippen molar-refractivity contribution in [1.29, 1.82) is 0 Å². The van der Waals surface area contributed by atoms with Gasteiger partial charge in [-0.25, -0.2) is 0 Å². The fourth-order valence-electron chi connectivity index (χ4n) is 2.82. The highest BCUT2D eigenvalue weighted by molar-refractivity contribution is 14.0. The minimum Gasteiger partial charge on any atom is -0.497 e. The number of rotatable bonds is 7. The molecule has 0 saturated heterocycles. The summed E-state index contributed by atoms with van der Waals surface area (Å²) in [6.07, 6.45) is 7.66. The molecule has 0 radical (unpaired) electrons. The van der Waals surface area contributed by atoms with Gasteiger partial charge >= 0.3 is 0 Å². The fraction of sp³-hybridized carbons (Fsp3) is 0.611. The molecule has 136 valence electrons. The molecule has 2 rings (SSSR count). The molecule has 5 nitrogen and oxygen atoms in total. The van der Waals surface area contributed by atoms with Crippen LogP contribution in [0.3, 0.4) is 0 Å². The van der Waals surface area contributed by atoms with E-state index >= 15 is 0 Å². The first-order valence-corrected chi connectivity index (χ1v) is 8.55. The minimum absolute atomic E-state index is 0. The van der Waals surface area contributed by atoms with Gasteiger partial charge in [0, 0.05) is 6.04 Å². The number of methoxy groups -OCH3 is 1. The summed E-state index contributed by atoms with van der Waals surface area (Å²) in [5.74, 6) is 1.40. The molecule has 0 aromatic heterocycles. The van der Waals surface area contributed by atoms with Gasteiger partial charge in [-0.15, -0.1) is 24.0 Å². The van der Waals surface area contributed by atoms with Crippen molar-refractivity contribution in [1.82, 2.24) is 5.32 Å². The summed E-state index contributed by atoms with van der Waals surface area (Å²) in [7, 11) is 1.66. The predicted octanol–water partition coefficient (Wildman–Crippen LogP) is 3.46. The second-order valence-electron chi connectivity index (χ2n) is 6.00. The van der Waals surface area contributed by atoms with Gasteiger partial charge in [0.2, 0.25) is 0 Å². The Morgan fingerprint density at radius 3 is 2.46 bits per heavy atom. The number of nitrogens with two attached hydrogens (primary N) is 1. The van der Waals surface area contributed by atoms with Crippen LogP contribution in [0.15, 0.2) is 29.3 Å². The van der Waals surface area contributed by atoms with Crippen LogP contribution >= 0.6 is 24.0 Å². The molecule has 1 saturated carbocycles. The van der Waals surface area contributed by atoms with Gasteiger partial charge in [0.15, 0.2) is 5.96 Å². The molecular formula is C18H30IN3O2. The number of benzene rings is 1. The van der Waals surface area contributed by atoms with E-state index in [9.17, 15) is 0 Å². The van der Waals surface area contributed by atoms with Gasteiger partial charge in [-0.05, 0) is 30.5 Å². The van der Waals surface area contributed by atoms with Crippen LogP contribution in [0.1, 0.15) is 44.1 Å². The normalized spacial score (nSPS) is 16.1. The van der Waals surface area contributed by atoms with Gasteiger partial charge in [-0.1, -0.05) is 37.8 Å². The maximum absolute atomic E-state index is 5.95. The first-order chi connectivity index (χ1) is 11.3. The third-order valence-corrected chi connectivity index (χ3v) is 4.15. The predicted molar refractivity (Wildman–Crippen MR) is 109 cm³/mol. The Morgan fingerprint density at radius 1 is 1.17 bits per heavy atom. The van der Waals surface area contributed by atoms with Crippen LogP contribution in [0.4, 0.5) is 0 Å². The third kappa shape index (κ3) is 8.19. The number of nitrogens with one attached hydrogen (secondary N) is 1. The third-order valence-electron chi connectivity index (χ3n) is 4.15. The molecule has 3 N–H and O–H groups in total. The molecule has 1 aromatic rings. The summed E-state index contributed by atoms with van der Waals surface area (Å²) >= 11 is 0. The number of halogens is 1. The van der Waals surface area contributed by atoms with Crippen LogP contribution in [-0.4, -0.2) is 32.3 Å². The number of hydrogen-bond donors (Lipinski definition) is 2. The number of hydrogen-bond acceptors (Lipinski definition) is 3. The van der Waals surface area contributed by atoms with Gasteiger partial charge < -0.3 is 20.5 Å². The first kappa shape index (κ1) is 21.0. The number of nitrogens with zero attached hydrogens (tertiary/aromatic N) is 1. The van der Waals surface area contributed by atoms with E-state index < -0.39 is 0 Å². The summed E-state index contributed by atoms with van der Waals surface area (Å²) in [5, 5.41) is 3.34. The molecule has 1 aromatic carbocycles. The lowest BCUT2D eigenvalue weighted by molar-refractivity contribution is 0.128. The number of ether oxygens (including phenoxy) is 2. The molecule has 24 heavy (non-hydrogen) atoms. The fourth-order valence-corrected chi connectivity index (χ4v) is 2.82. The Labute approximate surface area is 162 Å². The van der Waals surface area contributed by atoms with Crippen molar-refractivity contribution in [2.45, 2.75) is 51.2 Å². The molecule has 1 aliphatic rings. The lowest BCUT2D eigenvalue weighted by atomic mass is 10.1. The summed E-state index contributed by atoms with van der Waals surface area (Å²) < 4.78 is 10.8. The summed E-state index contributed by atoms with van der Waals surface area (Å²) in [6.45, 7) is 1.73. The number of guanidine groups is 1. The van der Waals surface area contributed by atoms with Crippen LogP contribution in [0.25, 0.3) is 0 Å². The van der Waals surface area contributed by atoms with E-state index in [2.05, 4.69) is 10.3 Å². The van der Waals surface area contributed by atoms with Crippen LogP contribution in [-0.2, 0) is 11.3 Å². The Balaban J connectivity index is 0.00000288. The molecule has 1 fully saturated rings. The zero-order valence-corrected chi connectivity index (χ0v) is 16.8. The smallest absolute Gasteiger partial charge is 0.188 e.